The number of thiazole rings is 1. The number of rotatable bonds is 4. The van der Waals surface area contributed by atoms with Crippen LogP contribution in [0.4, 0.5) is 26.6 Å². The Morgan fingerprint density at radius 1 is 1.09 bits per heavy atom. The van der Waals surface area contributed by atoms with Crippen molar-refractivity contribution in [3.05, 3.63) is 54.3 Å². The third kappa shape index (κ3) is 3.68. The number of nitrogens with two attached hydrogens (primary N) is 2. The minimum absolute atomic E-state index is 0.0257. The summed E-state index contributed by atoms with van der Waals surface area (Å²) in [6.45, 7) is 1.85. The summed E-state index contributed by atoms with van der Waals surface area (Å²) in [5, 5.41) is 0.699. The van der Waals surface area contributed by atoms with E-state index in [-0.39, 0.29) is 16.2 Å². The first-order valence-electron chi connectivity index (χ1n) is 10.7. The molecular weight excluding hydrogens is 457 g/mol. The van der Waals surface area contributed by atoms with Crippen LogP contribution in [0.25, 0.3) is 20.9 Å². The van der Waals surface area contributed by atoms with Gasteiger partial charge in [-0.15, -0.1) is 0 Å². The van der Waals surface area contributed by atoms with Crippen LogP contribution in [-0.2, 0) is 0 Å². The molecule has 1 aliphatic rings. The molecule has 2 aromatic heterocycles. The Kier molecular flexibility index (Phi) is 5.50. The zero-order valence-electron chi connectivity index (χ0n) is 18.4. The number of anilines is 2. The van der Waals surface area contributed by atoms with Crippen LogP contribution in [0, 0.1) is 5.82 Å². The largest absolute Gasteiger partial charge is 0.491 e. The number of aromatic nitrogens is 3. The second kappa shape index (κ2) is 8.50. The van der Waals surface area contributed by atoms with E-state index >= 15 is 0 Å². The summed E-state index contributed by atoms with van der Waals surface area (Å²) in [6.07, 6.45) is 0. The molecule has 0 bridgehead atoms. The van der Waals surface area contributed by atoms with E-state index in [1.54, 1.807) is 19.2 Å². The topological polar surface area (TPSA) is 120 Å². The number of halogens is 1. The highest BCUT2D eigenvalue weighted by Crippen LogP contribution is 2.37. The Morgan fingerprint density at radius 2 is 1.79 bits per heavy atom. The van der Waals surface area contributed by atoms with Gasteiger partial charge in [-0.2, -0.15) is 4.98 Å². The molecule has 0 aliphatic carbocycles. The van der Waals surface area contributed by atoms with Gasteiger partial charge in [0.1, 0.15) is 29.4 Å². The van der Waals surface area contributed by atoms with Gasteiger partial charge in [-0.1, -0.05) is 23.5 Å². The number of ether oxygens (including phenoxy) is 1. The van der Waals surface area contributed by atoms with Gasteiger partial charge in [0.15, 0.2) is 22.1 Å². The lowest BCUT2D eigenvalue weighted by Crippen LogP contribution is -2.66. The maximum absolute atomic E-state index is 13.4. The van der Waals surface area contributed by atoms with Crippen molar-refractivity contribution in [2.75, 3.05) is 43.9 Å². The standard InChI is InChI=1S/C23H22FN7O2S/c1-33-17-5-3-2-4-16(17)31(23(26)32)12-10-30(11-13-31)19-18-21(29-22(25)28-19)34-20(27-18)14-6-8-15(24)9-7-14/h2-9H,10-13H2,1H3,(H3-,25,26,28,29,32)/p+1. The molecule has 0 spiro atoms. The quantitative estimate of drug-likeness (QED) is 0.430. The Hall–Kier alpha value is -3.83. The van der Waals surface area contributed by atoms with E-state index < -0.39 is 6.03 Å². The summed E-state index contributed by atoms with van der Waals surface area (Å²) < 4.78 is 18.8. The molecule has 0 saturated carbocycles. The van der Waals surface area contributed by atoms with E-state index in [1.807, 2.05) is 29.2 Å². The molecule has 174 valence electrons. The number of fused-ring (bicyclic) bond motifs is 1. The maximum atomic E-state index is 13.4. The number of nitrogens with zero attached hydrogens (tertiary/aromatic N) is 5. The summed E-state index contributed by atoms with van der Waals surface area (Å²) in [4.78, 5) is 28.9. The molecule has 0 radical (unpaired) electrons. The van der Waals surface area contributed by atoms with Gasteiger partial charge in [0, 0.05) is 11.6 Å². The molecule has 4 N–H and O–H groups in total. The molecule has 11 heteroatoms. The molecule has 1 fully saturated rings. The van der Waals surface area contributed by atoms with Gasteiger partial charge >= 0.3 is 6.03 Å². The summed E-state index contributed by atoms with van der Waals surface area (Å²) in [5.41, 5.74) is 14.1. The highest BCUT2D eigenvalue weighted by atomic mass is 32.1. The van der Waals surface area contributed by atoms with E-state index in [4.69, 9.17) is 21.2 Å². The van der Waals surface area contributed by atoms with E-state index in [0.29, 0.717) is 53.1 Å². The third-order valence-electron chi connectivity index (χ3n) is 6.12. The van der Waals surface area contributed by atoms with Crippen molar-refractivity contribution in [2.45, 2.75) is 0 Å². The van der Waals surface area contributed by atoms with Gasteiger partial charge in [0.25, 0.3) is 0 Å². The SMILES string of the molecule is COc1ccccc1[N+]1(C(N)=O)CCN(c2nc(N)nc3sc(-c4ccc(F)cc4)nc23)CC1. The summed E-state index contributed by atoms with van der Waals surface area (Å²) in [5.74, 6) is 1.05. The summed E-state index contributed by atoms with van der Waals surface area (Å²) in [7, 11) is 1.58. The number of primary amides is 1. The first-order chi connectivity index (χ1) is 16.4. The number of urea groups is 1. The molecular formula is C23H23FN7O2S+. The monoisotopic (exact) mass is 480 g/mol. The minimum atomic E-state index is -0.441. The fourth-order valence-electron chi connectivity index (χ4n) is 4.34. The average Bonchev–Trinajstić information content (AvgIpc) is 3.28. The van der Waals surface area contributed by atoms with E-state index in [0.717, 1.165) is 11.3 Å². The predicted octanol–water partition coefficient (Wildman–Crippen LogP) is 3.39. The number of piperazine rings is 1. The van der Waals surface area contributed by atoms with Gasteiger partial charge in [-0.05, 0) is 30.3 Å². The number of nitrogen functional groups attached to an aromatic ring is 1. The number of amides is 2. The Balaban J connectivity index is 1.49. The number of hydrogen-bond donors (Lipinski definition) is 2. The Morgan fingerprint density at radius 3 is 2.47 bits per heavy atom. The molecule has 2 aromatic carbocycles. The second-order valence-electron chi connectivity index (χ2n) is 8.00. The molecule has 3 heterocycles. The second-order valence-corrected chi connectivity index (χ2v) is 8.97. The third-order valence-corrected chi connectivity index (χ3v) is 7.12. The Bertz CT molecular complexity index is 1370. The van der Waals surface area contributed by atoms with Crippen molar-refractivity contribution in [2.24, 2.45) is 5.73 Å². The van der Waals surface area contributed by atoms with E-state index in [2.05, 4.69) is 9.97 Å². The molecule has 0 atom stereocenters. The average molecular weight is 481 g/mol. The van der Waals surface area contributed by atoms with Crippen molar-refractivity contribution in [1.82, 2.24) is 19.4 Å². The normalized spacial score (nSPS) is 15.4. The van der Waals surface area contributed by atoms with Crippen LogP contribution in [-0.4, -0.2) is 54.3 Å². The van der Waals surface area contributed by atoms with Crippen molar-refractivity contribution in [1.29, 1.82) is 0 Å². The van der Waals surface area contributed by atoms with Crippen LogP contribution in [0.2, 0.25) is 0 Å². The van der Waals surface area contributed by atoms with E-state index in [9.17, 15) is 9.18 Å². The van der Waals surface area contributed by atoms with Crippen molar-refractivity contribution < 1.29 is 13.9 Å². The molecule has 9 nitrogen and oxygen atoms in total. The molecule has 4 aromatic rings. The Labute approximate surface area is 199 Å². The number of quaternary nitrogens is 1. The van der Waals surface area contributed by atoms with Gasteiger partial charge in [0.2, 0.25) is 5.95 Å². The minimum Gasteiger partial charge on any atom is -0.491 e. The molecule has 5 rings (SSSR count). The van der Waals surface area contributed by atoms with Gasteiger partial charge in [-0.3, -0.25) is 0 Å². The van der Waals surface area contributed by atoms with Gasteiger partial charge < -0.3 is 21.1 Å². The van der Waals surface area contributed by atoms with Gasteiger partial charge in [0.05, 0.1) is 20.2 Å². The number of para-hydroxylation sites is 2. The highest BCUT2D eigenvalue weighted by Gasteiger charge is 2.43. The zero-order chi connectivity index (χ0) is 23.9. The van der Waals surface area contributed by atoms with Crippen molar-refractivity contribution >= 4 is 45.2 Å². The smallest absolute Gasteiger partial charge is 0.419 e. The lowest BCUT2D eigenvalue weighted by Gasteiger charge is -2.41. The van der Waals surface area contributed by atoms with Crippen LogP contribution in [0.3, 0.4) is 0 Å². The van der Waals surface area contributed by atoms with Crippen molar-refractivity contribution in [3.8, 4) is 16.3 Å². The molecule has 1 saturated heterocycles. The van der Waals surface area contributed by atoms with Gasteiger partial charge in [-0.25, -0.2) is 23.6 Å². The molecule has 34 heavy (non-hydrogen) atoms. The van der Waals surface area contributed by atoms with Crippen LogP contribution in [0.15, 0.2) is 48.5 Å². The lowest BCUT2D eigenvalue weighted by molar-refractivity contribution is 0.202. The maximum Gasteiger partial charge on any atom is 0.419 e. The van der Waals surface area contributed by atoms with Crippen molar-refractivity contribution in [3.63, 3.8) is 0 Å². The summed E-state index contributed by atoms with van der Waals surface area (Å²) in [6, 6.07) is 13.1. The predicted molar refractivity (Wildman–Crippen MR) is 131 cm³/mol. The zero-order valence-corrected chi connectivity index (χ0v) is 19.3. The number of benzene rings is 2. The van der Waals surface area contributed by atoms with E-state index in [1.165, 1.54) is 23.5 Å². The van der Waals surface area contributed by atoms with Crippen LogP contribution in [0.1, 0.15) is 0 Å². The van der Waals surface area contributed by atoms with Crippen LogP contribution >= 0.6 is 11.3 Å². The van der Waals surface area contributed by atoms with Crippen LogP contribution < -0.4 is 25.6 Å². The fourth-order valence-corrected chi connectivity index (χ4v) is 5.29. The lowest BCUT2D eigenvalue weighted by atomic mass is 10.1. The molecule has 1 aliphatic heterocycles. The molecule has 2 amide bonds. The number of hydrogen-bond acceptors (Lipinski definition) is 8. The number of carbonyl (C=O) groups excluding carboxylic acids is 1. The fraction of sp³-hybridized carbons (Fsp3) is 0.217. The first-order valence-corrected chi connectivity index (χ1v) is 11.5. The first kappa shape index (κ1) is 22.0. The number of carbonyl (C=O) groups is 1. The number of methoxy groups -OCH3 is 1. The molecule has 0 unspecified atom stereocenters. The highest BCUT2D eigenvalue weighted by molar-refractivity contribution is 7.21. The van der Waals surface area contributed by atoms with Crippen LogP contribution in [0.5, 0.6) is 5.75 Å². The summed E-state index contributed by atoms with van der Waals surface area (Å²) >= 11 is 1.37.